The van der Waals surface area contributed by atoms with Crippen LogP contribution in [-0.4, -0.2) is 13.0 Å². The summed E-state index contributed by atoms with van der Waals surface area (Å²) in [5, 5.41) is 6.07. The van der Waals surface area contributed by atoms with Crippen LogP contribution in [0.2, 0.25) is 0 Å². The molecule has 0 spiro atoms. The quantitative estimate of drug-likeness (QED) is 0.699. The molecule has 2 aromatic rings. The van der Waals surface area contributed by atoms with Gasteiger partial charge in [-0.1, -0.05) is 34.1 Å². The minimum absolute atomic E-state index is 0.0979. The van der Waals surface area contributed by atoms with E-state index in [0.29, 0.717) is 12.1 Å². The number of hydrogen-bond donors (Lipinski definition) is 2. The van der Waals surface area contributed by atoms with Gasteiger partial charge in [0.15, 0.2) is 0 Å². The Hall–Kier alpha value is -0.920. The minimum Gasteiger partial charge on any atom is -0.322 e. The first-order chi connectivity index (χ1) is 9.61. The first-order valence-corrected chi connectivity index (χ1v) is 7.98. The van der Waals surface area contributed by atoms with E-state index in [4.69, 9.17) is 0 Å². The van der Waals surface area contributed by atoms with Crippen LogP contribution in [-0.2, 0) is 6.54 Å². The fourth-order valence-corrected chi connectivity index (χ4v) is 2.79. The van der Waals surface area contributed by atoms with E-state index in [0.717, 1.165) is 19.3 Å². The van der Waals surface area contributed by atoms with Crippen molar-refractivity contribution in [2.45, 2.75) is 6.54 Å². The van der Waals surface area contributed by atoms with Crippen molar-refractivity contribution >= 4 is 50.1 Å². The van der Waals surface area contributed by atoms with E-state index in [-0.39, 0.29) is 5.91 Å². The lowest BCUT2D eigenvalue weighted by molar-refractivity contribution is 0.102. The summed E-state index contributed by atoms with van der Waals surface area (Å²) in [5.74, 6) is -0.0979. The Labute approximate surface area is 140 Å². The summed E-state index contributed by atoms with van der Waals surface area (Å²) < 4.78 is 1.82. The second-order valence-electron chi connectivity index (χ2n) is 4.27. The summed E-state index contributed by atoms with van der Waals surface area (Å²) in [6.07, 6.45) is 0. The Kier molecular flexibility index (Phi) is 5.56. The molecule has 0 aliphatic heterocycles. The molecule has 0 unspecified atom stereocenters. The maximum atomic E-state index is 12.4. The molecule has 0 atom stereocenters. The number of anilines is 1. The fourth-order valence-electron chi connectivity index (χ4n) is 1.85. The lowest BCUT2D eigenvalue weighted by atomic mass is 10.1. The van der Waals surface area contributed by atoms with Crippen LogP contribution in [0.25, 0.3) is 0 Å². The van der Waals surface area contributed by atoms with E-state index in [1.807, 2.05) is 49.5 Å². The van der Waals surface area contributed by atoms with Gasteiger partial charge in [0.2, 0.25) is 0 Å². The molecule has 0 aromatic heterocycles. The van der Waals surface area contributed by atoms with Crippen LogP contribution < -0.4 is 10.6 Å². The molecule has 1 amide bonds. The first kappa shape index (κ1) is 15.5. The molecule has 2 rings (SSSR count). The molecule has 5 heteroatoms. The molecule has 2 N–H and O–H groups in total. The van der Waals surface area contributed by atoms with Gasteiger partial charge in [-0.25, -0.2) is 0 Å². The fraction of sp³-hybridized carbons (Fsp3) is 0.133. The Bertz CT molecular complexity index is 631. The average molecular weight is 445 g/mol. The van der Waals surface area contributed by atoms with Crippen molar-refractivity contribution in [1.82, 2.24) is 5.32 Å². The molecule has 0 saturated heterocycles. The molecule has 0 aliphatic rings. The monoisotopic (exact) mass is 444 g/mol. The molecule has 0 aliphatic carbocycles. The number of hydrogen-bond acceptors (Lipinski definition) is 2. The number of amides is 1. The van der Waals surface area contributed by atoms with Gasteiger partial charge in [-0.15, -0.1) is 0 Å². The molecule has 0 heterocycles. The SMILES string of the molecule is CNCc1ccccc1NC(=O)c1cc(Br)ccc1I. The van der Waals surface area contributed by atoms with Gasteiger partial charge in [0.1, 0.15) is 0 Å². The third-order valence-electron chi connectivity index (χ3n) is 2.81. The largest absolute Gasteiger partial charge is 0.322 e. The Balaban J connectivity index is 2.26. The van der Waals surface area contributed by atoms with Crippen molar-refractivity contribution in [3.8, 4) is 0 Å². The average Bonchev–Trinajstić information content (AvgIpc) is 2.44. The van der Waals surface area contributed by atoms with E-state index in [2.05, 4.69) is 49.2 Å². The molecule has 20 heavy (non-hydrogen) atoms. The lowest BCUT2D eigenvalue weighted by Crippen LogP contribution is -2.16. The minimum atomic E-state index is -0.0979. The van der Waals surface area contributed by atoms with E-state index in [9.17, 15) is 4.79 Å². The van der Waals surface area contributed by atoms with Crippen LogP contribution in [0.5, 0.6) is 0 Å². The van der Waals surface area contributed by atoms with E-state index >= 15 is 0 Å². The summed E-state index contributed by atoms with van der Waals surface area (Å²) >= 11 is 5.56. The predicted octanol–water partition coefficient (Wildman–Crippen LogP) is 4.03. The molecule has 0 fully saturated rings. The maximum Gasteiger partial charge on any atom is 0.256 e. The Morgan fingerprint density at radius 1 is 1.25 bits per heavy atom. The van der Waals surface area contributed by atoms with Crippen LogP contribution in [0.1, 0.15) is 15.9 Å². The number of carbonyl (C=O) groups excluding carboxylic acids is 1. The zero-order valence-corrected chi connectivity index (χ0v) is 14.7. The number of carbonyl (C=O) groups is 1. The van der Waals surface area contributed by atoms with Gasteiger partial charge in [0, 0.05) is 20.3 Å². The molecule has 0 radical (unpaired) electrons. The highest BCUT2D eigenvalue weighted by atomic mass is 127. The second kappa shape index (κ2) is 7.19. The Morgan fingerprint density at radius 2 is 2.00 bits per heavy atom. The molecule has 0 bridgehead atoms. The highest BCUT2D eigenvalue weighted by molar-refractivity contribution is 14.1. The lowest BCUT2D eigenvalue weighted by Gasteiger charge is -2.11. The van der Waals surface area contributed by atoms with E-state index in [1.165, 1.54) is 0 Å². The van der Waals surface area contributed by atoms with Crippen molar-refractivity contribution in [2.75, 3.05) is 12.4 Å². The standard InChI is InChI=1S/C15H14BrIN2O/c1-18-9-10-4-2-3-5-14(10)19-15(20)12-8-11(16)6-7-13(12)17/h2-8,18H,9H2,1H3,(H,19,20). The third-order valence-corrected chi connectivity index (χ3v) is 4.24. The van der Waals surface area contributed by atoms with Crippen molar-refractivity contribution in [3.05, 3.63) is 61.6 Å². The number of nitrogens with one attached hydrogen (secondary N) is 2. The second-order valence-corrected chi connectivity index (χ2v) is 6.34. The van der Waals surface area contributed by atoms with Crippen LogP contribution in [0.4, 0.5) is 5.69 Å². The van der Waals surface area contributed by atoms with E-state index in [1.54, 1.807) is 0 Å². The van der Waals surface area contributed by atoms with Gasteiger partial charge >= 0.3 is 0 Å². The molecular formula is C15H14BrIN2O. The van der Waals surface area contributed by atoms with Gasteiger partial charge in [-0.3, -0.25) is 4.79 Å². The number of para-hydroxylation sites is 1. The summed E-state index contributed by atoms with van der Waals surface area (Å²) in [5.41, 5.74) is 2.57. The van der Waals surface area contributed by atoms with Crippen LogP contribution in [0, 0.1) is 3.57 Å². The zero-order valence-electron chi connectivity index (χ0n) is 10.9. The summed E-state index contributed by atoms with van der Waals surface area (Å²) in [6, 6.07) is 13.5. The van der Waals surface area contributed by atoms with E-state index < -0.39 is 0 Å². The van der Waals surface area contributed by atoms with Crippen molar-refractivity contribution in [3.63, 3.8) is 0 Å². The topological polar surface area (TPSA) is 41.1 Å². The number of halogens is 2. The first-order valence-electron chi connectivity index (χ1n) is 6.10. The normalized spacial score (nSPS) is 10.3. The maximum absolute atomic E-state index is 12.4. The summed E-state index contributed by atoms with van der Waals surface area (Å²) in [6.45, 7) is 0.714. The van der Waals surface area contributed by atoms with Gasteiger partial charge in [0.05, 0.1) is 5.56 Å². The molecule has 3 nitrogen and oxygen atoms in total. The smallest absolute Gasteiger partial charge is 0.256 e. The van der Waals surface area contributed by atoms with Crippen LogP contribution in [0.15, 0.2) is 46.9 Å². The molecular weight excluding hydrogens is 431 g/mol. The summed E-state index contributed by atoms with van der Waals surface area (Å²) in [4.78, 5) is 12.4. The highest BCUT2D eigenvalue weighted by Gasteiger charge is 2.12. The van der Waals surface area contributed by atoms with Crippen molar-refractivity contribution < 1.29 is 4.79 Å². The van der Waals surface area contributed by atoms with Gasteiger partial charge in [-0.2, -0.15) is 0 Å². The predicted molar refractivity (Wildman–Crippen MR) is 94.0 cm³/mol. The summed E-state index contributed by atoms with van der Waals surface area (Å²) in [7, 11) is 1.88. The Morgan fingerprint density at radius 3 is 2.75 bits per heavy atom. The van der Waals surface area contributed by atoms with Crippen molar-refractivity contribution in [2.24, 2.45) is 0 Å². The third kappa shape index (κ3) is 3.80. The van der Waals surface area contributed by atoms with Crippen molar-refractivity contribution in [1.29, 1.82) is 0 Å². The van der Waals surface area contributed by atoms with Gasteiger partial charge < -0.3 is 10.6 Å². The van der Waals surface area contributed by atoms with Gasteiger partial charge in [-0.05, 0) is 59.5 Å². The highest BCUT2D eigenvalue weighted by Crippen LogP contribution is 2.21. The van der Waals surface area contributed by atoms with Crippen LogP contribution >= 0.6 is 38.5 Å². The number of rotatable bonds is 4. The van der Waals surface area contributed by atoms with Crippen LogP contribution in [0.3, 0.4) is 0 Å². The molecule has 104 valence electrons. The van der Waals surface area contributed by atoms with Gasteiger partial charge in [0.25, 0.3) is 5.91 Å². The molecule has 0 saturated carbocycles. The number of benzene rings is 2. The molecule has 2 aromatic carbocycles. The zero-order chi connectivity index (χ0) is 14.5.